The predicted octanol–water partition coefficient (Wildman–Crippen LogP) is 2.04. The standard InChI is InChI=1S/C16H23N3O3S/c1-13-10-16(14(2)22-13)23(20,21)19(9-8-18(3)4)12-15-6-5-7-17-11-15/h5-7,10-11H,8-9,12H2,1-4H3. The molecule has 0 aliphatic carbocycles. The van der Waals surface area contributed by atoms with Crippen LogP contribution in [0.15, 0.2) is 39.9 Å². The summed E-state index contributed by atoms with van der Waals surface area (Å²) in [6, 6.07) is 5.26. The van der Waals surface area contributed by atoms with Gasteiger partial charge in [0.05, 0.1) is 0 Å². The summed E-state index contributed by atoms with van der Waals surface area (Å²) in [5.74, 6) is 1.01. The van der Waals surface area contributed by atoms with Crippen LogP contribution in [0.25, 0.3) is 0 Å². The lowest BCUT2D eigenvalue weighted by atomic mass is 10.3. The van der Waals surface area contributed by atoms with E-state index in [1.165, 1.54) is 4.31 Å². The zero-order valence-electron chi connectivity index (χ0n) is 14.0. The quantitative estimate of drug-likeness (QED) is 0.773. The molecule has 0 N–H and O–H groups in total. The summed E-state index contributed by atoms with van der Waals surface area (Å²) in [4.78, 5) is 6.25. The molecule has 2 aromatic rings. The topological polar surface area (TPSA) is 66.7 Å². The molecule has 0 amide bonds. The summed E-state index contributed by atoms with van der Waals surface area (Å²) in [6.07, 6.45) is 3.36. The van der Waals surface area contributed by atoms with Gasteiger partial charge in [-0.15, -0.1) is 0 Å². The Kier molecular flexibility index (Phi) is 5.56. The van der Waals surface area contributed by atoms with Crippen LogP contribution in [-0.2, 0) is 16.6 Å². The van der Waals surface area contributed by atoms with Crippen LogP contribution in [-0.4, -0.2) is 49.8 Å². The Morgan fingerprint density at radius 3 is 2.48 bits per heavy atom. The molecule has 0 aromatic carbocycles. The fourth-order valence-corrected chi connectivity index (χ4v) is 3.93. The SMILES string of the molecule is Cc1cc(S(=O)(=O)N(CCN(C)C)Cc2cccnc2)c(C)o1. The maximum Gasteiger partial charge on any atom is 0.246 e. The van der Waals surface area contributed by atoms with Crippen molar-refractivity contribution < 1.29 is 12.8 Å². The number of rotatable bonds is 7. The van der Waals surface area contributed by atoms with Crippen molar-refractivity contribution in [2.45, 2.75) is 25.3 Å². The number of furan rings is 1. The lowest BCUT2D eigenvalue weighted by Gasteiger charge is -2.23. The number of aryl methyl sites for hydroxylation is 2. The Bertz CT molecular complexity index is 739. The number of hydrogen-bond acceptors (Lipinski definition) is 5. The number of pyridine rings is 1. The Morgan fingerprint density at radius 2 is 1.96 bits per heavy atom. The minimum Gasteiger partial charge on any atom is -0.465 e. The van der Waals surface area contributed by atoms with Gasteiger partial charge in [0, 0.05) is 32.0 Å². The van der Waals surface area contributed by atoms with Crippen LogP contribution < -0.4 is 0 Å². The molecule has 7 heteroatoms. The summed E-state index contributed by atoms with van der Waals surface area (Å²) < 4.78 is 32.9. The molecule has 0 radical (unpaired) electrons. The van der Waals surface area contributed by atoms with E-state index in [9.17, 15) is 8.42 Å². The van der Waals surface area contributed by atoms with E-state index in [-0.39, 0.29) is 11.4 Å². The van der Waals surface area contributed by atoms with Gasteiger partial charge in [-0.3, -0.25) is 4.98 Å². The van der Waals surface area contributed by atoms with Gasteiger partial charge in [-0.25, -0.2) is 8.42 Å². The van der Waals surface area contributed by atoms with Gasteiger partial charge in [0.1, 0.15) is 16.4 Å². The van der Waals surface area contributed by atoms with Crippen LogP contribution in [0.1, 0.15) is 17.1 Å². The Hall–Kier alpha value is -1.70. The molecular weight excluding hydrogens is 314 g/mol. The first-order chi connectivity index (χ1) is 10.8. The van der Waals surface area contributed by atoms with Crippen LogP contribution in [0.3, 0.4) is 0 Å². The molecule has 0 fully saturated rings. The fourth-order valence-electron chi connectivity index (χ4n) is 2.29. The van der Waals surface area contributed by atoms with Crippen molar-refractivity contribution >= 4 is 10.0 Å². The van der Waals surface area contributed by atoms with Crippen LogP contribution in [0.4, 0.5) is 0 Å². The minimum atomic E-state index is -3.62. The van der Waals surface area contributed by atoms with E-state index in [2.05, 4.69) is 4.98 Å². The lowest BCUT2D eigenvalue weighted by molar-refractivity contribution is 0.328. The number of aromatic nitrogens is 1. The van der Waals surface area contributed by atoms with Crippen molar-refractivity contribution in [1.82, 2.24) is 14.2 Å². The summed E-state index contributed by atoms with van der Waals surface area (Å²) >= 11 is 0. The molecule has 0 aliphatic heterocycles. The average molecular weight is 337 g/mol. The monoisotopic (exact) mass is 337 g/mol. The molecule has 0 bridgehead atoms. The van der Waals surface area contributed by atoms with Gasteiger partial charge in [-0.1, -0.05) is 6.07 Å². The summed E-state index contributed by atoms with van der Waals surface area (Å²) in [6.45, 7) is 4.74. The molecule has 2 heterocycles. The zero-order chi connectivity index (χ0) is 17.0. The van der Waals surface area contributed by atoms with Crippen LogP contribution in [0, 0.1) is 13.8 Å². The number of sulfonamides is 1. The molecule has 2 rings (SSSR count). The van der Waals surface area contributed by atoms with Crippen molar-refractivity contribution in [2.75, 3.05) is 27.2 Å². The van der Waals surface area contributed by atoms with Gasteiger partial charge in [0.15, 0.2) is 0 Å². The van der Waals surface area contributed by atoms with Gasteiger partial charge in [-0.2, -0.15) is 4.31 Å². The van der Waals surface area contributed by atoms with E-state index in [0.29, 0.717) is 24.6 Å². The molecule has 23 heavy (non-hydrogen) atoms. The zero-order valence-corrected chi connectivity index (χ0v) is 14.8. The second-order valence-corrected chi connectivity index (χ2v) is 7.69. The molecule has 0 saturated carbocycles. The molecule has 2 aromatic heterocycles. The first-order valence-corrected chi connectivity index (χ1v) is 8.85. The molecule has 0 atom stereocenters. The second kappa shape index (κ2) is 7.25. The van der Waals surface area contributed by atoms with E-state index >= 15 is 0 Å². The van der Waals surface area contributed by atoms with Crippen molar-refractivity contribution in [3.05, 3.63) is 47.7 Å². The Morgan fingerprint density at radius 1 is 1.22 bits per heavy atom. The van der Waals surface area contributed by atoms with Crippen molar-refractivity contribution in [2.24, 2.45) is 0 Å². The van der Waals surface area contributed by atoms with Crippen LogP contribution in [0.2, 0.25) is 0 Å². The van der Waals surface area contributed by atoms with Crippen molar-refractivity contribution in [3.8, 4) is 0 Å². The Balaban J connectivity index is 2.33. The van der Waals surface area contributed by atoms with Gasteiger partial charge in [0.2, 0.25) is 10.0 Å². The maximum absolute atomic E-state index is 13.0. The molecule has 0 unspecified atom stereocenters. The van der Waals surface area contributed by atoms with Crippen molar-refractivity contribution in [3.63, 3.8) is 0 Å². The van der Waals surface area contributed by atoms with Gasteiger partial charge < -0.3 is 9.32 Å². The molecule has 0 aliphatic rings. The molecule has 0 spiro atoms. The van der Waals surface area contributed by atoms with E-state index in [4.69, 9.17) is 4.42 Å². The highest BCUT2D eigenvalue weighted by Crippen LogP contribution is 2.24. The van der Waals surface area contributed by atoms with Crippen LogP contribution in [0.5, 0.6) is 0 Å². The molecule has 126 valence electrons. The van der Waals surface area contributed by atoms with E-state index in [1.54, 1.807) is 38.4 Å². The highest BCUT2D eigenvalue weighted by molar-refractivity contribution is 7.89. The molecule has 0 saturated heterocycles. The smallest absolute Gasteiger partial charge is 0.246 e. The molecular formula is C16H23N3O3S. The van der Waals surface area contributed by atoms with Crippen molar-refractivity contribution in [1.29, 1.82) is 0 Å². The van der Waals surface area contributed by atoms with E-state index in [0.717, 1.165) is 5.56 Å². The second-order valence-electron chi connectivity index (χ2n) is 5.78. The third kappa shape index (κ3) is 4.40. The Labute approximate surface area is 137 Å². The van der Waals surface area contributed by atoms with E-state index in [1.807, 2.05) is 25.1 Å². The highest BCUT2D eigenvalue weighted by atomic mass is 32.2. The maximum atomic E-state index is 13.0. The lowest BCUT2D eigenvalue weighted by Crippen LogP contribution is -2.36. The highest BCUT2D eigenvalue weighted by Gasteiger charge is 2.28. The number of nitrogens with zero attached hydrogens (tertiary/aromatic N) is 3. The first-order valence-electron chi connectivity index (χ1n) is 7.41. The van der Waals surface area contributed by atoms with Gasteiger partial charge in [-0.05, 0) is 45.6 Å². The van der Waals surface area contributed by atoms with Gasteiger partial charge >= 0.3 is 0 Å². The summed E-state index contributed by atoms with van der Waals surface area (Å²) in [7, 11) is 0.218. The first kappa shape index (κ1) is 17.7. The average Bonchev–Trinajstić information content (AvgIpc) is 2.83. The fraction of sp³-hybridized carbons (Fsp3) is 0.438. The molecule has 6 nitrogen and oxygen atoms in total. The third-order valence-electron chi connectivity index (χ3n) is 3.49. The number of likely N-dealkylation sites (N-methyl/N-ethyl adjacent to an activating group) is 1. The third-order valence-corrected chi connectivity index (χ3v) is 5.44. The summed E-state index contributed by atoms with van der Waals surface area (Å²) in [5, 5.41) is 0. The summed E-state index contributed by atoms with van der Waals surface area (Å²) in [5.41, 5.74) is 0.854. The minimum absolute atomic E-state index is 0.234. The predicted molar refractivity (Wildman–Crippen MR) is 88.6 cm³/mol. The van der Waals surface area contributed by atoms with Crippen LogP contribution >= 0.6 is 0 Å². The van der Waals surface area contributed by atoms with Gasteiger partial charge in [0.25, 0.3) is 0 Å². The largest absolute Gasteiger partial charge is 0.465 e. The number of hydrogen-bond donors (Lipinski definition) is 0. The normalized spacial score (nSPS) is 12.3. The van der Waals surface area contributed by atoms with E-state index < -0.39 is 10.0 Å².